The average Bonchev–Trinajstić information content (AvgIpc) is 2.64. The van der Waals surface area contributed by atoms with Crippen molar-refractivity contribution in [3.63, 3.8) is 0 Å². The summed E-state index contributed by atoms with van der Waals surface area (Å²) in [5.41, 5.74) is 7.51. The summed E-state index contributed by atoms with van der Waals surface area (Å²) in [4.78, 5) is 0. The Kier molecular flexibility index (Phi) is 5.03. The quantitative estimate of drug-likeness (QED) is 0.663. The molecule has 0 heterocycles. The summed E-state index contributed by atoms with van der Waals surface area (Å²) in [6.45, 7) is 4.15. The molecule has 0 saturated heterocycles. The van der Waals surface area contributed by atoms with Crippen LogP contribution in [0.1, 0.15) is 19.3 Å². The van der Waals surface area contributed by atoms with Crippen LogP contribution in [0.3, 0.4) is 0 Å². The van der Waals surface area contributed by atoms with E-state index in [9.17, 15) is 0 Å². The average molecular weight is 319 g/mol. The van der Waals surface area contributed by atoms with E-state index in [-0.39, 0.29) is 0 Å². The van der Waals surface area contributed by atoms with Gasteiger partial charge in [-0.1, -0.05) is 43.0 Å². The van der Waals surface area contributed by atoms with Gasteiger partial charge in [0.05, 0.1) is 22.8 Å². The molecule has 1 fully saturated rings. The minimum Gasteiger partial charge on any atom is -0.278 e. The predicted octanol–water partition coefficient (Wildman–Crippen LogP) is 3.93. The molecule has 0 spiro atoms. The van der Waals surface area contributed by atoms with Gasteiger partial charge in [0.1, 0.15) is 0 Å². The van der Waals surface area contributed by atoms with Crippen LogP contribution in [0.2, 0.25) is 0 Å². The van der Waals surface area contributed by atoms with Crippen molar-refractivity contribution in [3.8, 4) is 0 Å². The fourth-order valence-corrected chi connectivity index (χ4v) is 2.54. The van der Waals surface area contributed by atoms with Gasteiger partial charge in [-0.25, -0.2) is 5.84 Å². The zero-order chi connectivity index (χ0) is 16.8. The first-order valence-electron chi connectivity index (χ1n) is 7.98. The maximum absolute atomic E-state index is 6.05. The van der Waals surface area contributed by atoms with Crippen molar-refractivity contribution in [3.05, 3.63) is 72.8 Å². The maximum atomic E-state index is 6.05. The Morgan fingerprint density at radius 1 is 0.917 bits per heavy atom. The van der Waals surface area contributed by atoms with Crippen molar-refractivity contribution in [2.24, 2.45) is 16.0 Å². The van der Waals surface area contributed by atoms with Gasteiger partial charge < -0.3 is 0 Å². The van der Waals surface area contributed by atoms with Crippen LogP contribution in [-0.2, 0) is 0 Å². The zero-order valence-electron chi connectivity index (χ0n) is 13.5. The van der Waals surface area contributed by atoms with Crippen molar-refractivity contribution in [1.29, 1.82) is 0 Å². The molecule has 0 aliphatic heterocycles. The molecule has 1 saturated carbocycles. The number of allylic oxidation sites excluding steroid dienone is 1. The molecule has 0 atom stereocenters. The summed E-state index contributed by atoms with van der Waals surface area (Å²) >= 11 is 0. The molecule has 0 radical (unpaired) electrons. The van der Waals surface area contributed by atoms with Gasteiger partial charge in [0.2, 0.25) is 0 Å². The summed E-state index contributed by atoms with van der Waals surface area (Å²) in [7, 11) is 0. The first-order chi connectivity index (χ1) is 11.7. The molecule has 1 aliphatic carbocycles. The number of hydrogen-bond donors (Lipinski definition) is 2. The van der Waals surface area contributed by atoms with Crippen molar-refractivity contribution < 1.29 is 0 Å². The number of hydrogen-bond acceptors (Lipinski definition) is 5. The van der Waals surface area contributed by atoms with Crippen LogP contribution in [0.4, 0.5) is 11.4 Å². The summed E-state index contributed by atoms with van der Waals surface area (Å²) in [5, 5.41) is 10.4. The number of anilines is 2. The molecule has 0 aromatic heterocycles. The Balaban J connectivity index is 1.74. The topological polar surface area (TPSA) is 66.0 Å². The normalized spacial score (nSPS) is 18.0. The SMILES string of the molecule is C=C1/C(=N\N(N)c2ccccc2)CCC/C1=N\Nc1ccccc1. The van der Waals surface area contributed by atoms with Gasteiger partial charge in [0.15, 0.2) is 0 Å². The number of para-hydroxylation sites is 2. The van der Waals surface area contributed by atoms with Gasteiger partial charge in [0, 0.05) is 5.57 Å². The molecule has 24 heavy (non-hydrogen) atoms. The van der Waals surface area contributed by atoms with Gasteiger partial charge in [-0.05, 0) is 43.5 Å². The van der Waals surface area contributed by atoms with Gasteiger partial charge in [-0.3, -0.25) is 5.43 Å². The Morgan fingerprint density at radius 2 is 1.54 bits per heavy atom. The number of nitrogens with zero attached hydrogens (tertiary/aromatic N) is 3. The van der Waals surface area contributed by atoms with Crippen LogP contribution in [0, 0.1) is 0 Å². The predicted molar refractivity (Wildman–Crippen MR) is 101 cm³/mol. The summed E-state index contributed by atoms with van der Waals surface area (Å²) < 4.78 is 0. The number of hydrazone groups is 2. The number of nitrogens with two attached hydrogens (primary N) is 1. The first-order valence-corrected chi connectivity index (χ1v) is 7.98. The van der Waals surface area contributed by atoms with Crippen molar-refractivity contribution in [1.82, 2.24) is 0 Å². The van der Waals surface area contributed by atoms with Crippen LogP contribution < -0.4 is 16.4 Å². The van der Waals surface area contributed by atoms with Crippen LogP contribution in [0.15, 0.2) is 83.0 Å². The van der Waals surface area contributed by atoms with Crippen LogP contribution in [0.5, 0.6) is 0 Å². The molecule has 0 bridgehead atoms. The highest BCUT2D eigenvalue weighted by Gasteiger charge is 2.19. The molecule has 3 rings (SSSR count). The molecule has 2 aromatic carbocycles. The molecule has 5 heteroatoms. The molecule has 0 amide bonds. The molecule has 1 aliphatic rings. The Morgan fingerprint density at radius 3 is 2.25 bits per heavy atom. The zero-order valence-corrected chi connectivity index (χ0v) is 13.5. The van der Waals surface area contributed by atoms with E-state index < -0.39 is 0 Å². The third-order valence-corrected chi connectivity index (χ3v) is 3.87. The van der Waals surface area contributed by atoms with E-state index in [2.05, 4.69) is 22.2 Å². The Hall–Kier alpha value is -2.92. The molecule has 5 nitrogen and oxygen atoms in total. The van der Waals surface area contributed by atoms with E-state index in [0.29, 0.717) is 0 Å². The molecular weight excluding hydrogens is 298 g/mol. The number of rotatable bonds is 4. The smallest absolute Gasteiger partial charge is 0.0776 e. The lowest BCUT2D eigenvalue weighted by Gasteiger charge is -2.21. The first kappa shape index (κ1) is 16.0. The van der Waals surface area contributed by atoms with Crippen molar-refractivity contribution in [2.45, 2.75) is 19.3 Å². The van der Waals surface area contributed by atoms with E-state index in [4.69, 9.17) is 5.84 Å². The van der Waals surface area contributed by atoms with Crippen LogP contribution >= 0.6 is 0 Å². The molecule has 3 N–H and O–H groups in total. The monoisotopic (exact) mass is 319 g/mol. The molecular formula is C19H21N5. The Bertz CT molecular complexity index is 750. The second kappa shape index (κ2) is 7.57. The fourth-order valence-electron chi connectivity index (χ4n) is 2.54. The van der Waals surface area contributed by atoms with E-state index >= 15 is 0 Å². The van der Waals surface area contributed by atoms with E-state index in [0.717, 1.165) is 47.6 Å². The highest BCUT2D eigenvalue weighted by molar-refractivity contribution is 6.25. The maximum Gasteiger partial charge on any atom is 0.0776 e. The summed E-state index contributed by atoms with van der Waals surface area (Å²) in [6.07, 6.45) is 2.72. The van der Waals surface area contributed by atoms with Gasteiger partial charge >= 0.3 is 0 Å². The number of nitrogens with one attached hydrogen (secondary N) is 1. The third-order valence-electron chi connectivity index (χ3n) is 3.87. The van der Waals surface area contributed by atoms with E-state index in [1.807, 2.05) is 60.7 Å². The molecule has 122 valence electrons. The minimum absolute atomic E-state index is 0.837. The van der Waals surface area contributed by atoms with Crippen LogP contribution in [0.25, 0.3) is 0 Å². The van der Waals surface area contributed by atoms with Gasteiger partial charge in [-0.15, -0.1) is 0 Å². The number of hydrazine groups is 1. The molecule has 0 unspecified atom stereocenters. The largest absolute Gasteiger partial charge is 0.278 e. The number of benzene rings is 2. The fraction of sp³-hybridized carbons (Fsp3) is 0.158. The van der Waals surface area contributed by atoms with E-state index in [1.54, 1.807) is 0 Å². The van der Waals surface area contributed by atoms with E-state index in [1.165, 1.54) is 5.12 Å². The Labute approximate surface area is 142 Å². The third kappa shape index (κ3) is 3.88. The van der Waals surface area contributed by atoms with Crippen molar-refractivity contribution in [2.75, 3.05) is 10.5 Å². The summed E-state index contributed by atoms with van der Waals surface area (Å²) in [6, 6.07) is 19.5. The highest BCUT2D eigenvalue weighted by Crippen LogP contribution is 2.20. The second-order valence-corrected chi connectivity index (χ2v) is 5.60. The second-order valence-electron chi connectivity index (χ2n) is 5.60. The lowest BCUT2D eigenvalue weighted by molar-refractivity contribution is 0.865. The minimum atomic E-state index is 0.837. The van der Waals surface area contributed by atoms with Gasteiger partial charge in [0.25, 0.3) is 0 Å². The standard InChI is InChI=1S/C19H21N5/c1-15-18(22-21-16-9-4-2-5-10-16)13-8-14-19(15)23-24(20)17-11-6-3-7-12-17/h2-7,9-12,21H,1,8,13-14,20H2/b22-18+,23-19-. The molecule has 2 aromatic rings. The summed E-state index contributed by atoms with van der Waals surface area (Å²) in [5.74, 6) is 6.05. The lowest BCUT2D eigenvalue weighted by Crippen LogP contribution is -2.29. The lowest BCUT2D eigenvalue weighted by atomic mass is 9.92. The highest BCUT2D eigenvalue weighted by atomic mass is 15.6. The van der Waals surface area contributed by atoms with Crippen LogP contribution in [-0.4, -0.2) is 11.4 Å². The van der Waals surface area contributed by atoms with Gasteiger partial charge in [-0.2, -0.15) is 15.3 Å². The van der Waals surface area contributed by atoms with Crippen molar-refractivity contribution >= 4 is 22.8 Å².